The number of amides is 1. The third-order valence-electron chi connectivity index (χ3n) is 5.76. The van der Waals surface area contributed by atoms with Gasteiger partial charge >= 0.3 is 6.09 Å². The van der Waals surface area contributed by atoms with E-state index in [0.717, 1.165) is 12.8 Å². The first-order valence-corrected chi connectivity index (χ1v) is 13.3. The van der Waals surface area contributed by atoms with Crippen molar-refractivity contribution in [2.24, 2.45) is 5.92 Å². The lowest BCUT2D eigenvalue weighted by Gasteiger charge is -2.38. The second kappa shape index (κ2) is 8.88. The van der Waals surface area contributed by atoms with Crippen LogP contribution in [-0.4, -0.2) is 49.9 Å². The topological polar surface area (TPSA) is 48.0 Å². The van der Waals surface area contributed by atoms with E-state index in [1.807, 2.05) is 40.7 Å². The first-order chi connectivity index (χ1) is 12.5. The van der Waals surface area contributed by atoms with Gasteiger partial charge in [0.25, 0.3) is 0 Å². The normalized spacial score (nSPS) is 21.5. The second-order valence-corrected chi connectivity index (χ2v) is 15.8. The van der Waals surface area contributed by atoms with Crippen LogP contribution in [0.25, 0.3) is 0 Å². The van der Waals surface area contributed by atoms with E-state index < -0.39 is 19.6 Å². The molecule has 6 heteroatoms. The Bertz CT molecular complexity index is 546. The van der Waals surface area contributed by atoms with Crippen LogP contribution in [0.4, 0.5) is 4.79 Å². The molecule has 1 aliphatic heterocycles. The fourth-order valence-corrected chi connectivity index (χ4v) is 4.22. The molecule has 0 aliphatic carbocycles. The molecule has 0 unspecified atom stereocenters. The molecule has 164 valence electrons. The summed E-state index contributed by atoms with van der Waals surface area (Å²) in [5.74, 6) is 0.291. The average Bonchev–Trinajstić information content (AvgIpc) is 2.77. The summed E-state index contributed by atoms with van der Waals surface area (Å²) in [7, 11) is -1.82. The summed E-state index contributed by atoms with van der Waals surface area (Å²) in [6.45, 7) is 25.9. The minimum atomic E-state index is -1.82. The molecule has 1 rings (SSSR count). The highest BCUT2D eigenvalue weighted by Crippen LogP contribution is 2.38. The van der Waals surface area contributed by atoms with E-state index >= 15 is 0 Å². The molecule has 0 aromatic carbocycles. The highest BCUT2D eigenvalue weighted by atomic mass is 28.4. The molecule has 0 N–H and O–H groups in total. The van der Waals surface area contributed by atoms with Crippen LogP contribution in [0.5, 0.6) is 0 Å². The van der Waals surface area contributed by atoms with Gasteiger partial charge in [0.15, 0.2) is 8.32 Å². The molecule has 2 atom stereocenters. The molecule has 1 fully saturated rings. The van der Waals surface area contributed by atoms with Crippen molar-refractivity contribution in [3.8, 4) is 0 Å². The number of carbonyl (C=O) groups excluding carboxylic acids is 1. The van der Waals surface area contributed by atoms with Gasteiger partial charge in [-0.3, -0.25) is 4.90 Å². The van der Waals surface area contributed by atoms with Crippen molar-refractivity contribution in [3.05, 3.63) is 12.7 Å². The van der Waals surface area contributed by atoms with Crippen molar-refractivity contribution in [1.29, 1.82) is 0 Å². The number of ether oxygens (including phenoxy) is 2. The second-order valence-electron chi connectivity index (χ2n) is 11.0. The Kier molecular flexibility index (Phi) is 7.99. The molecule has 1 aliphatic rings. The van der Waals surface area contributed by atoms with Crippen molar-refractivity contribution in [2.75, 3.05) is 13.2 Å². The molecular formula is C22H43NO4Si. The summed E-state index contributed by atoms with van der Waals surface area (Å²) in [5, 5.41) is 0.173. The molecular weight excluding hydrogens is 370 g/mol. The fraction of sp³-hybridized carbons (Fsp3) is 0.864. The van der Waals surface area contributed by atoms with Crippen LogP contribution < -0.4 is 0 Å². The highest BCUT2D eigenvalue weighted by Gasteiger charge is 2.46. The standard InChI is InChI=1S/C22H43NO4Si/c1-12-13-17(15-26-28(10,11)21(5,6)7)14-18-16-25-22(8,9)23(18)19(24)27-20(2,3)4/h12,17-18H,1,13-16H2,2-11H3/t17-,18+/m0/s1. The van der Waals surface area contributed by atoms with E-state index in [1.54, 1.807) is 4.90 Å². The molecule has 28 heavy (non-hydrogen) atoms. The van der Waals surface area contributed by atoms with Crippen molar-refractivity contribution in [3.63, 3.8) is 0 Å². The van der Waals surface area contributed by atoms with Gasteiger partial charge in [0.2, 0.25) is 0 Å². The van der Waals surface area contributed by atoms with Crippen molar-refractivity contribution < 1.29 is 18.7 Å². The van der Waals surface area contributed by atoms with Crippen LogP contribution in [0.2, 0.25) is 18.1 Å². The predicted molar refractivity (Wildman–Crippen MR) is 118 cm³/mol. The monoisotopic (exact) mass is 413 g/mol. The zero-order chi connectivity index (χ0) is 22.0. The summed E-state index contributed by atoms with van der Waals surface area (Å²) >= 11 is 0. The third kappa shape index (κ3) is 6.89. The molecule has 0 aromatic heterocycles. The Labute approximate surface area is 173 Å². The lowest BCUT2D eigenvalue weighted by molar-refractivity contribution is -0.0632. The number of carbonyl (C=O) groups is 1. The summed E-state index contributed by atoms with van der Waals surface area (Å²) in [5.41, 5.74) is -1.21. The molecule has 1 amide bonds. The first-order valence-electron chi connectivity index (χ1n) is 10.4. The van der Waals surface area contributed by atoms with E-state index in [4.69, 9.17) is 13.9 Å². The number of hydrogen-bond donors (Lipinski definition) is 0. The van der Waals surface area contributed by atoms with Gasteiger partial charge in [-0.15, -0.1) is 6.58 Å². The van der Waals surface area contributed by atoms with Crippen LogP contribution in [0.1, 0.15) is 68.2 Å². The Morgan fingerprint density at radius 3 is 2.32 bits per heavy atom. The fourth-order valence-electron chi connectivity index (χ4n) is 3.13. The van der Waals surface area contributed by atoms with Gasteiger partial charge in [-0.2, -0.15) is 0 Å². The highest BCUT2D eigenvalue weighted by molar-refractivity contribution is 6.74. The van der Waals surface area contributed by atoms with Crippen molar-refractivity contribution >= 4 is 14.4 Å². The maximum Gasteiger partial charge on any atom is 0.412 e. The molecule has 0 radical (unpaired) electrons. The maximum atomic E-state index is 12.9. The van der Waals surface area contributed by atoms with Crippen LogP contribution in [0, 0.1) is 5.92 Å². The summed E-state index contributed by atoms with van der Waals surface area (Å²) in [6.07, 6.45) is 3.29. The number of rotatable bonds is 7. The van der Waals surface area contributed by atoms with E-state index in [0.29, 0.717) is 19.1 Å². The van der Waals surface area contributed by atoms with Gasteiger partial charge in [0.1, 0.15) is 11.3 Å². The van der Waals surface area contributed by atoms with Gasteiger partial charge < -0.3 is 13.9 Å². The largest absolute Gasteiger partial charge is 0.444 e. The Morgan fingerprint density at radius 2 is 1.86 bits per heavy atom. The van der Waals surface area contributed by atoms with Gasteiger partial charge in [-0.25, -0.2) is 4.79 Å². The lowest BCUT2D eigenvalue weighted by Crippen LogP contribution is -2.50. The average molecular weight is 414 g/mol. The molecule has 1 saturated heterocycles. The Morgan fingerprint density at radius 1 is 1.29 bits per heavy atom. The number of allylic oxidation sites excluding steroid dienone is 1. The number of hydrogen-bond acceptors (Lipinski definition) is 4. The summed E-state index contributed by atoms with van der Waals surface area (Å²) < 4.78 is 18.1. The molecule has 1 heterocycles. The van der Waals surface area contributed by atoms with Gasteiger partial charge in [-0.05, 0) is 71.5 Å². The van der Waals surface area contributed by atoms with Gasteiger partial charge in [0, 0.05) is 6.61 Å². The van der Waals surface area contributed by atoms with E-state index in [1.165, 1.54) is 0 Å². The van der Waals surface area contributed by atoms with Gasteiger partial charge in [0.05, 0.1) is 12.6 Å². The molecule has 0 aromatic rings. The predicted octanol–water partition coefficient (Wildman–Crippen LogP) is 5.96. The molecule has 5 nitrogen and oxygen atoms in total. The molecule has 0 saturated carbocycles. The zero-order valence-corrected chi connectivity index (χ0v) is 20.8. The Hall–Kier alpha value is -0.853. The van der Waals surface area contributed by atoms with E-state index in [2.05, 4.69) is 40.4 Å². The van der Waals surface area contributed by atoms with Gasteiger partial charge in [-0.1, -0.05) is 26.8 Å². The minimum absolute atomic E-state index is 0.0298. The third-order valence-corrected chi connectivity index (χ3v) is 10.3. The minimum Gasteiger partial charge on any atom is -0.444 e. The lowest BCUT2D eigenvalue weighted by atomic mass is 9.97. The summed E-state index contributed by atoms with van der Waals surface area (Å²) in [6, 6.07) is -0.0298. The van der Waals surface area contributed by atoms with Crippen LogP contribution in [-0.2, 0) is 13.9 Å². The van der Waals surface area contributed by atoms with Crippen LogP contribution in [0.3, 0.4) is 0 Å². The van der Waals surface area contributed by atoms with Crippen molar-refractivity contribution in [2.45, 2.75) is 104 Å². The first kappa shape index (κ1) is 25.2. The summed E-state index contributed by atoms with van der Waals surface area (Å²) in [4.78, 5) is 14.6. The smallest absolute Gasteiger partial charge is 0.412 e. The maximum absolute atomic E-state index is 12.9. The van der Waals surface area contributed by atoms with Crippen molar-refractivity contribution in [1.82, 2.24) is 4.90 Å². The zero-order valence-electron chi connectivity index (χ0n) is 19.8. The van der Waals surface area contributed by atoms with E-state index in [9.17, 15) is 4.79 Å². The molecule has 0 spiro atoms. The SMILES string of the molecule is C=CC[C@H](CO[Si](C)(C)C(C)(C)C)C[C@@H]1COC(C)(C)N1C(=O)OC(C)(C)C. The Balaban J connectivity index is 2.89. The quantitative estimate of drug-likeness (QED) is 0.381. The van der Waals surface area contributed by atoms with Crippen LogP contribution >= 0.6 is 0 Å². The number of nitrogens with zero attached hydrogens (tertiary/aromatic N) is 1. The molecule has 0 bridgehead atoms. The van der Waals surface area contributed by atoms with E-state index in [-0.39, 0.29) is 17.2 Å². The van der Waals surface area contributed by atoms with Crippen LogP contribution in [0.15, 0.2) is 12.7 Å².